The molecule has 1 saturated carbocycles. The molecule has 3 rings (SSSR count). The van der Waals surface area contributed by atoms with Crippen molar-refractivity contribution < 1.29 is 9.59 Å². The zero-order chi connectivity index (χ0) is 14.1. The molecule has 102 valence electrons. The van der Waals surface area contributed by atoms with E-state index in [0.29, 0.717) is 11.1 Å². The fourth-order valence-electron chi connectivity index (χ4n) is 3.12. The molecule has 0 aromatic heterocycles. The van der Waals surface area contributed by atoms with Crippen LogP contribution in [0.15, 0.2) is 29.3 Å². The fraction of sp³-hybridized carbons (Fsp3) is 0.400. The van der Waals surface area contributed by atoms with Gasteiger partial charge < -0.3 is 0 Å². The Kier molecular flexibility index (Phi) is 3.66. The van der Waals surface area contributed by atoms with Crippen LogP contribution in [-0.2, 0) is 0 Å². The summed E-state index contributed by atoms with van der Waals surface area (Å²) in [5.41, 5.74) is 1.02. The van der Waals surface area contributed by atoms with Gasteiger partial charge in [0, 0.05) is 0 Å². The zero-order valence-corrected chi connectivity index (χ0v) is 12.6. The molecule has 2 atom stereocenters. The van der Waals surface area contributed by atoms with Crippen molar-refractivity contribution in [3.05, 3.63) is 35.4 Å². The normalized spacial score (nSPS) is 25.3. The third kappa shape index (κ3) is 2.08. The fourth-order valence-corrected chi connectivity index (χ4v) is 3.40. The summed E-state index contributed by atoms with van der Waals surface area (Å²) in [6, 6.07) is 6.84. The van der Waals surface area contributed by atoms with Crippen molar-refractivity contribution in [1.29, 1.82) is 0 Å². The number of fused-ring (bicyclic) bond motifs is 1. The van der Waals surface area contributed by atoms with Crippen LogP contribution in [0.5, 0.6) is 0 Å². The van der Waals surface area contributed by atoms with Gasteiger partial charge in [0.15, 0.2) is 0 Å². The predicted molar refractivity (Wildman–Crippen MR) is 76.2 cm³/mol. The van der Waals surface area contributed by atoms with Gasteiger partial charge in [0.05, 0.1) is 0 Å². The van der Waals surface area contributed by atoms with Crippen LogP contribution in [0.2, 0.25) is 0 Å². The van der Waals surface area contributed by atoms with Crippen molar-refractivity contribution in [1.82, 2.24) is 4.90 Å². The molecule has 0 spiro atoms. The van der Waals surface area contributed by atoms with Gasteiger partial charge in [0.2, 0.25) is 0 Å². The van der Waals surface area contributed by atoms with E-state index in [1.807, 2.05) is 0 Å². The third-order valence-corrected chi connectivity index (χ3v) is 4.29. The number of rotatable bonds is 2. The number of amides is 2. The van der Waals surface area contributed by atoms with E-state index in [-0.39, 0.29) is 23.9 Å². The van der Waals surface area contributed by atoms with Crippen LogP contribution in [0, 0.1) is 0 Å². The predicted octanol–water partition coefficient (Wildman–Crippen LogP) is 1.67. The van der Waals surface area contributed by atoms with Crippen molar-refractivity contribution in [3.63, 3.8) is 0 Å². The number of aliphatic imine (C=N–C) groups is 1. The van der Waals surface area contributed by atoms with E-state index in [1.165, 1.54) is 4.90 Å². The van der Waals surface area contributed by atoms with Crippen molar-refractivity contribution in [2.24, 2.45) is 4.99 Å². The molecule has 4 nitrogen and oxygen atoms in total. The van der Waals surface area contributed by atoms with Gasteiger partial charge in [-0.25, -0.2) is 0 Å². The van der Waals surface area contributed by atoms with Crippen molar-refractivity contribution in [2.75, 3.05) is 0 Å². The van der Waals surface area contributed by atoms with Crippen LogP contribution in [-0.4, -0.2) is 49.1 Å². The Bertz CT molecular complexity index is 587. The molecule has 2 aliphatic rings. The van der Waals surface area contributed by atoms with Crippen molar-refractivity contribution >= 4 is 32.1 Å². The van der Waals surface area contributed by atoms with Gasteiger partial charge >= 0.3 is 125 Å². The summed E-state index contributed by atoms with van der Waals surface area (Å²) in [4.78, 5) is 30.7. The average molecular weight is 333 g/mol. The first-order chi connectivity index (χ1) is 9.74. The van der Waals surface area contributed by atoms with E-state index in [0.717, 1.165) is 25.7 Å². The second kappa shape index (κ2) is 5.45. The van der Waals surface area contributed by atoms with Gasteiger partial charge in [0.1, 0.15) is 0 Å². The molecule has 1 aromatic carbocycles. The Labute approximate surface area is 125 Å². The molecule has 0 bridgehead atoms. The van der Waals surface area contributed by atoms with Gasteiger partial charge in [-0.15, -0.1) is 0 Å². The molecule has 2 amide bonds. The minimum absolute atomic E-state index is 0.0350. The quantitative estimate of drug-likeness (QED) is 0.470. The Morgan fingerprint density at radius 1 is 1.10 bits per heavy atom. The summed E-state index contributed by atoms with van der Waals surface area (Å²) < 4.78 is 2.69. The summed E-state index contributed by atoms with van der Waals surface area (Å²) in [6.07, 6.45) is 3.82. The third-order valence-electron chi connectivity index (χ3n) is 4.07. The van der Waals surface area contributed by atoms with E-state index < -0.39 is 0 Å². The van der Waals surface area contributed by atoms with Crippen LogP contribution in [0.25, 0.3) is 0 Å². The first kappa shape index (κ1) is 13.4. The number of hydrogen-bond acceptors (Lipinski definition) is 3. The molecule has 0 saturated heterocycles. The van der Waals surface area contributed by atoms with Crippen LogP contribution in [0.1, 0.15) is 46.4 Å². The van der Waals surface area contributed by atoms with E-state index >= 15 is 0 Å². The van der Waals surface area contributed by atoms with Gasteiger partial charge in [0.25, 0.3) is 0 Å². The Morgan fingerprint density at radius 2 is 1.70 bits per heavy atom. The summed E-state index contributed by atoms with van der Waals surface area (Å²) in [6.45, 7) is 0. The molecule has 1 heterocycles. The SMILES string of the molecule is O=C1c2ccccc2C(=O)N1[C@@H]1CCCC[C@H]1N=C=[Se]. The molecule has 0 N–H and O–H groups in total. The van der Waals surface area contributed by atoms with E-state index in [4.69, 9.17) is 0 Å². The van der Waals surface area contributed by atoms with Gasteiger partial charge in [-0.05, 0) is 0 Å². The molecule has 5 heteroatoms. The molecule has 1 fully saturated rings. The van der Waals surface area contributed by atoms with Gasteiger partial charge in [-0.3, -0.25) is 0 Å². The van der Waals surface area contributed by atoms with E-state index in [2.05, 4.69) is 25.3 Å². The van der Waals surface area contributed by atoms with Crippen molar-refractivity contribution in [2.45, 2.75) is 37.8 Å². The number of carbonyl (C=O) groups is 2. The number of imide groups is 1. The number of benzene rings is 1. The Morgan fingerprint density at radius 3 is 2.30 bits per heavy atom. The first-order valence-corrected chi connectivity index (χ1v) is 7.63. The maximum absolute atomic E-state index is 12.5. The molecule has 20 heavy (non-hydrogen) atoms. The Hall–Kier alpha value is -1.54. The molecule has 0 radical (unpaired) electrons. The molecule has 1 aliphatic carbocycles. The van der Waals surface area contributed by atoms with Gasteiger partial charge in [-0.1, -0.05) is 0 Å². The van der Waals surface area contributed by atoms with Crippen LogP contribution in [0.4, 0.5) is 0 Å². The van der Waals surface area contributed by atoms with E-state index in [1.54, 1.807) is 24.3 Å². The second-order valence-corrected chi connectivity index (χ2v) is 5.55. The zero-order valence-electron chi connectivity index (χ0n) is 10.9. The summed E-state index contributed by atoms with van der Waals surface area (Å²) in [5.74, 6) is -0.365. The number of nitrogens with zero attached hydrogens (tertiary/aromatic N) is 2. The molecule has 1 aromatic rings. The molecule has 1 aliphatic heterocycles. The molecule has 0 unspecified atom stereocenters. The van der Waals surface area contributed by atoms with Crippen molar-refractivity contribution in [3.8, 4) is 0 Å². The van der Waals surface area contributed by atoms with Crippen LogP contribution in [0.3, 0.4) is 0 Å². The second-order valence-electron chi connectivity index (χ2n) is 5.17. The monoisotopic (exact) mass is 334 g/mol. The topological polar surface area (TPSA) is 49.7 Å². The summed E-state index contributed by atoms with van der Waals surface area (Å²) in [5, 5.41) is 0. The maximum atomic E-state index is 12.5. The number of hydrogen-bond donors (Lipinski definition) is 0. The first-order valence-electron chi connectivity index (χ1n) is 6.78. The van der Waals surface area contributed by atoms with E-state index in [9.17, 15) is 9.59 Å². The van der Waals surface area contributed by atoms with Crippen LogP contribution < -0.4 is 0 Å². The van der Waals surface area contributed by atoms with Crippen LogP contribution >= 0.6 is 0 Å². The summed E-state index contributed by atoms with van der Waals surface area (Å²) >= 11 is 2.64. The molecular formula is C15H14N2O2Se. The average Bonchev–Trinajstić information content (AvgIpc) is 2.73. The Balaban J connectivity index is 1.97. The number of carbonyl (C=O) groups excluding carboxylic acids is 2. The van der Waals surface area contributed by atoms with Gasteiger partial charge in [-0.2, -0.15) is 0 Å². The minimum atomic E-state index is -0.183. The molecular weight excluding hydrogens is 319 g/mol. The summed E-state index contributed by atoms with van der Waals surface area (Å²) in [7, 11) is 0. The standard InChI is InChI=1S/C15H14N2O2Se/c18-14-10-5-1-2-6-11(10)15(19)17(14)13-8-4-3-7-12(13)16-9-20/h1-2,5-6,12-13H,3-4,7-8H2/t12-,13-/m1/s1.